The summed E-state index contributed by atoms with van der Waals surface area (Å²) in [6, 6.07) is -0.282. The first-order valence-electron chi connectivity index (χ1n) is 7.12. The molecule has 0 radical (unpaired) electrons. The monoisotopic (exact) mass is 238 g/mol. The predicted octanol–water partition coefficient (Wildman–Crippen LogP) is 2.01. The number of likely N-dealkylation sites (tertiary alicyclic amines) is 1. The summed E-state index contributed by atoms with van der Waals surface area (Å²) in [5.41, 5.74) is 6.00. The Kier molecular flexibility index (Phi) is 4.08. The third-order valence-corrected chi connectivity index (χ3v) is 4.33. The van der Waals surface area contributed by atoms with Crippen molar-refractivity contribution in [2.24, 2.45) is 23.5 Å². The molecule has 2 N–H and O–H groups in total. The highest BCUT2D eigenvalue weighted by Gasteiger charge is 2.37. The molecular weight excluding hydrogens is 212 g/mol. The number of hydrogen-bond acceptors (Lipinski definition) is 2. The fraction of sp³-hybridized carbons (Fsp3) is 0.929. The molecule has 3 nitrogen and oxygen atoms in total. The zero-order valence-corrected chi connectivity index (χ0v) is 11.2. The highest BCUT2D eigenvalue weighted by Crippen LogP contribution is 2.36. The van der Waals surface area contributed by atoms with Crippen LogP contribution in [0.25, 0.3) is 0 Å². The lowest BCUT2D eigenvalue weighted by Crippen LogP contribution is -2.43. The number of fused-ring (bicyclic) bond motifs is 1. The molecule has 3 heteroatoms. The first kappa shape index (κ1) is 12.9. The SMILES string of the molecule is CC(C)C[C@H](N)C(=O)N1C[C@H]2CCCC[C@H]2C1. The van der Waals surface area contributed by atoms with E-state index in [4.69, 9.17) is 5.73 Å². The molecular formula is C14H26N2O. The zero-order chi connectivity index (χ0) is 12.4. The van der Waals surface area contributed by atoms with Gasteiger partial charge in [0.25, 0.3) is 0 Å². The molecule has 0 aromatic carbocycles. The molecule has 17 heavy (non-hydrogen) atoms. The molecule has 1 saturated carbocycles. The van der Waals surface area contributed by atoms with Crippen LogP contribution in [-0.2, 0) is 4.79 Å². The summed E-state index contributed by atoms with van der Waals surface area (Å²) in [5.74, 6) is 2.21. The van der Waals surface area contributed by atoms with E-state index in [9.17, 15) is 4.79 Å². The molecule has 0 aromatic rings. The van der Waals surface area contributed by atoms with Crippen molar-refractivity contribution < 1.29 is 4.79 Å². The lowest BCUT2D eigenvalue weighted by molar-refractivity contribution is -0.132. The fourth-order valence-corrected chi connectivity index (χ4v) is 3.43. The van der Waals surface area contributed by atoms with Crippen molar-refractivity contribution in [1.29, 1.82) is 0 Å². The van der Waals surface area contributed by atoms with Crippen LogP contribution in [0.1, 0.15) is 46.0 Å². The van der Waals surface area contributed by atoms with Crippen LogP contribution in [0.4, 0.5) is 0 Å². The minimum atomic E-state index is -0.282. The maximum Gasteiger partial charge on any atom is 0.239 e. The van der Waals surface area contributed by atoms with Crippen molar-refractivity contribution in [3.8, 4) is 0 Å². The van der Waals surface area contributed by atoms with E-state index in [1.165, 1.54) is 25.7 Å². The second-order valence-electron chi connectivity index (χ2n) is 6.28. The molecule has 98 valence electrons. The van der Waals surface area contributed by atoms with E-state index < -0.39 is 0 Å². The Balaban J connectivity index is 1.88. The smallest absolute Gasteiger partial charge is 0.239 e. The van der Waals surface area contributed by atoms with E-state index in [0.29, 0.717) is 5.92 Å². The van der Waals surface area contributed by atoms with Gasteiger partial charge >= 0.3 is 0 Å². The summed E-state index contributed by atoms with van der Waals surface area (Å²) < 4.78 is 0. The number of carbonyl (C=O) groups excluding carboxylic acids is 1. The largest absolute Gasteiger partial charge is 0.341 e. The third-order valence-electron chi connectivity index (χ3n) is 4.33. The number of rotatable bonds is 3. The van der Waals surface area contributed by atoms with Gasteiger partial charge in [0.15, 0.2) is 0 Å². The Hall–Kier alpha value is -0.570. The summed E-state index contributed by atoms with van der Waals surface area (Å²) in [4.78, 5) is 14.3. The summed E-state index contributed by atoms with van der Waals surface area (Å²) in [7, 11) is 0. The molecule has 2 rings (SSSR count). The van der Waals surface area contributed by atoms with Gasteiger partial charge < -0.3 is 10.6 Å². The standard InChI is InChI=1S/C14H26N2O/c1-10(2)7-13(15)14(17)16-8-11-5-3-4-6-12(11)9-16/h10-13H,3-9,15H2,1-2H3/t11-,12+,13-/m0/s1. The average Bonchev–Trinajstić information content (AvgIpc) is 2.70. The van der Waals surface area contributed by atoms with E-state index in [1.807, 2.05) is 4.90 Å². The molecule has 3 atom stereocenters. The topological polar surface area (TPSA) is 46.3 Å². The second-order valence-corrected chi connectivity index (χ2v) is 6.28. The van der Waals surface area contributed by atoms with Gasteiger partial charge in [0.05, 0.1) is 6.04 Å². The lowest BCUT2D eigenvalue weighted by atomic mass is 9.82. The Bertz CT molecular complexity index is 263. The quantitative estimate of drug-likeness (QED) is 0.817. The molecule has 0 spiro atoms. The van der Waals surface area contributed by atoms with Crippen LogP contribution < -0.4 is 5.73 Å². The Labute approximate surface area is 105 Å². The first-order valence-corrected chi connectivity index (χ1v) is 7.12. The van der Waals surface area contributed by atoms with Crippen LogP contribution in [0.3, 0.4) is 0 Å². The molecule has 2 fully saturated rings. The average molecular weight is 238 g/mol. The van der Waals surface area contributed by atoms with E-state index in [1.54, 1.807) is 0 Å². The van der Waals surface area contributed by atoms with Gasteiger partial charge in [-0.25, -0.2) is 0 Å². The fourth-order valence-electron chi connectivity index (χ4n) is 3.43. The molecule has 1 aliphatic heterocycles. The molecule has 1 saturated heterocycles. The van der Waals surface area contributed by atoms with Crippen molar-refractivity contribution in [2.75, 3.05) is 13.1 Å². The molecule has 0 bridgehead atoms. The van der Waals surface area contributed by atoms with Crippen molar-refractivity contribution in [3.05, 3.63) is 0 Å². The van der Waals surface area contributed by atoms with Crippen LogP contribution in [0.15, 0.2) is 0 Å². The van der Waals surface area contributed by atoms with Gasteiger partial charge in [0.1, 0.15) is 0 Å². The minimum absolute atomic E-state index is 0.188. The number of carbonyl (C=O) groups is 1. The number of hydrogen-bond donors (Lipinski definition) is 1. The summed E-state index contributed by atoms with van der Waals surface area (Å²) in [5, 5.41) is 0. The van der Waals surface area contributed by atoms with Crippen molar-refractivity contribution in [2.45, 2.75) is 52.0 Å². The lowest BCUT2D eigenvalue weighted by Gasteiger charge is -2.22. The number of amides is 1. The molecule has 1 heterocycles. The van der Waals surface area contributed by atoms with Gasteiger partial charge in [-0.3, -0.25) is 4.79 Å². The second kappa shape index (κ2) is 5.38. The maximum absolute atomic E-state index is 12.2. The minimum Gasteiger partial charge on any atom is -0.341 e. The van der Waals surface area contributed by atoms with E-state index >= 15 is 0 Å². The molecule has 2 aliphatic rings. The van der Waals surface area contributed by atoms with Crippen LogP contribution in [0, 0.1) is 17.8 Å². The van der Waals surface area contributed by atoms with Crippen molar-refractivity contribution >= 4 is 5.91 Å². The summed E-state index contributed by atoms with van der Waals surface area (Å²) in [6.07, 6.45) is 6.13. The molecule has 0 aromatic heterocycles. The van der Waals surface area contributed by atoms with Crippen LogP contribution in [-0.4, -0.2) is 29.9 Å². The van der Waals surface area contributed by atoms with Gasteiger partial charge in [-0.1, -0.05) is 26.7 Å². The number of nitrogens with two attached hydrogens (primary N) is 1. The summed E-state index contributed by atoms with van der Waals surface area (Å²) in [6.45, 7) is 6.18. The van der Waals surface area contributed by atoms with E-state index in [2.05, 4.69) is 13.8 Å². The van der Waals surface area contributed by atoms with Crippen LogP contribution >= 0.6 is 0 Å². The Morgan fingerprint density at radius 2 is 1.76 bits per heavy atom. The van der Waals surface area contributed by atoms with Gasteiger partial charge in [-0.05, 0) is 37.0 Å². The van der Waals surface area contributed by atoms with Gasteiger partial charge in [0, 0.05) is 13.1 Å². The molecule has 0 unspecified atom stereocenters. The van der Waals surface area contributed by atoms with E-state index in [-0.39, 0.29) is 11.9 Å². The third kappa shape index (κ3) is 3.01. The van der Waals surface area contributed by atoms with Crippen LogP contribution in [0.2, 0.25) is 0 Å². The van der Waals surface area contributed by atoms with Crippen molar-refractivity contribution in [1.82, 2.24) is 4.90 Å². The highest BCUT2D eigenvalue weighted by molar-refractivity contribution is 5.81. The summed E-state index contributed by atoms with van der Waals surface area (Å²) >= 11 is 0. The van der Waals surface area contributed by atoms with Gasteiger partial charge in [0.2, 0.25) is 5.91 Å². The van der Waals surface area contributed by atoms with Gasteiger partial charge in [-0.2, -0.15) is 0 Å². The normalized spacial score (nSPS) is 30.5. The van der Waals surface area contributed by atoms with Crippen LogP contribution in [0.5, 0.6) is 0 Å². The predicted molar refractivity (Wildman–Crippen MR) is 69.5 cm³/mol. The zero-order valence-electron chi connectivity index (χ0n) is 11.2. The maximum atomic E-state index is 12.2. The highest BCUT2D eigenvalue weighted by atomic mass is 16.2. The molecule has 1 amide bonds. The van der Waals surface area contributed by atoms with E-state index in [0.717, 1.165) is 31.3 Å². The Morgan fingerprint density at radius 3 is 2.24 bits per heavy atom. The number of nitrogens with zero attached hydrogens (tertiary/aromatic N) is 1. The molecule has 1 aliphatic carbocycles. The Morgan fingerprint density at radius 1 is 1.24 bits per heavy atom. The van der Waals surface area contributed by atoms with Gasteiger partial charge in [-0.15, -0.1) is 0 Å². The first-order chi connectivity index (χ1) is 8.08. The van der Waals surface area contributed by atoms with Crippen molar-refractivity contribution in [3.63, 3.8) is 0 Å².